The molecule has 0 saturated heterocycles. The molecule has 1 aromatic carbocycles. The summed E-state index contributed by atoms with van der Waals surface area (Å²) in [6.45, 7) is 4.96. The van der Waals surface area contributed by atoms with Crippen LogP contribution >= 0.6 is 0 Å². The van der Waals surface area contributed by atoms with Gasteiger partial charge in [0.1, 0.15) is 11.3 Å². The molecule has 0 aliphatic carbocycles. The van der Waals surface area contributed by atoms with Crippen LogP contribution in [0.5, 0.6) is 5.75 Å². The summed E-state index contributed by atoms with van der Waals surface area (Å²) < 4.78 is 5.58. The number of rotatable bonds is 3. The fraction of sp³-hybridized carbons (Fsp3) is 0.500. The van der Waals surface area contributed by atoms with Crippen LogP contribution in [0.4, 0.5) is 0 Å². The van der Waals surface area contributed by atoms with Gasteiger partial charge in [-0.1, -0.05) is 32.4 Å². The van der Waals surface area contributed by atoms with Crippen molar-refractivity contribution < 1.29 is 14.6 Å². The van der Waals surface area contributed by atoms with Crippen molar-refractivity contribution in [3.63, 3.8) is 0 Å². The first-order valence-corrected chi connectivity index (χ1v) is 6.08. The molecule has 1 aromatic rings. The van der Waals surface area contributed by atoms with Crippen molar-refractivity contribution in [1.29, 1.82) is 0 Å². The minimum absolute atomic E-state index is 0.0494. The topological polar surface area (TPSA) is 46.5 Å². The van der Waals surface area contributed by atoms with E-state index in [9.17, 15) is 4.79 Å². The molecule has 17 heavy (non-hydrogen) atoms. The highest BCUT2D eigenvalue weighted by molar-refractivity contribution is 5.91. The molecule has 1 heterocycles. The van der Waals surface area contributed by atoms with Gasteiger partial charge in [0.15, 0.2) is 0 Å². The van der Waals surface area contributed by atoms with Gasteiger partial charge in [-0.15, -0.1) is 0 Å². The van der Waals surface area contributed by atoms with Crippen LogP contribution in [-0.2, 0) is 5.41 Å². The van der Waals surface area contributed by atoms with Gasteiger partial charge in [-0.25, -0.2) is 4.79 Å². The second-order valence-corrected chi connectivity index (χ2v) is 4.90. The molecule has 0 spiro atoms. The van der Waals surface area contributed by atoms with Crippen molar-refractivity contribution in [3.05, 3.63) is 29.3 Å². The molecule has 1 aliphatic heterocycles. The van der Waals surface area contributed by atoms with Gasteiger partial charge in [-0.3, -0.25) is 0 Å². The maximum Gasteiger partial charge on any atom is 0.339 e. The Morgan fingerprint density at radius 1 is 1.53 bits per heavy atom. The molecule has 3 heteroatoms. The molecule has 1 N–H and O–H groups in total. The fourth-order valence-electron chi connectivity index (χ4n) is 2.66. The van der Waals surface area contributed by atoms with Crippen molar-refractivity contribution in [2.45, 2.75) is 38.5 Å². The predicted octanol–water partition coefficient (Wildman–Crippen LogP) is 3.23. The summed E-state index contributed by atoms with van der Waals surface area (Å²) in [5.41, 5.74) is 1.38. The zero-order valence-corrected chi connectivity index (χ0v) is 10.3. The highest BCUT2D eigenvalue weighted by Crippen LogP contribution is 2.43. The summed E-state index contributed by atoms with van der Waals surface area (Å²) in [4.78, 5) is 11.2. The quantitative estimate of drug-likeness (QED) is 0.873. The lowest BCUT2D eigenvalue weighted by molar-refractivity contribution is 0.0689. The van der Waals surface area contributed by atoms with Gasteiger partial charge in [-0.05, 0) is 24.3 Å². The van der Waals surface area contributed by atoms with Crippen LogP contribution in [0, 0.1) is 0 Å². The number of carboxylic acids is 1. The molecule has 3 nitrogen and oxygen atoms in total. The lowest BCUT2D eigenvalue weighted by Gasteiger charge is -2.36. The monoisotopic (exact) mass is 234 g/mol. The Kier molecular flexibility index (Phi) is 3.09. The number of carboxylic acid groups (broad SMARTS) is 1. The standard InChI is InChI=1S/C14H18O3/c1-3-7-14(2)8-9-17-12-10(13(15)16)5-4-6-11(12)14/h4-6H,3,7-9H2,1-2H3,(H,15,16). The molecule has 0 saturated carbocycles. The van der Waals surface area contributed by atoms with Gasteiger partial charge < -0.3 is 9.84 Å². The Balaban J connectivity index is 2.53. The number of hydrogen-bond acceptors (Lipinski definition) is 2. The number of benzene rings is 1. The maximum atomic E-state index is 11.2. The highest BCUT2D eigenvalue weighted by Gasteiger charge is 2.34. The van der Waals surface area contributed by atoms with Gasteiger partial charge in [-0.2, -0.15) is 0 Å². The van der Waals surface area contributed by atoms with E-state index in [1.807, 2.05) is 12.1 Å². The zero-order chi connectivity index (χ0) is 12.5. The first kappa shape index (κ1) is 12.0. The van der Waals surface area contributed by atoms with E-state index in [0.29, 0.717) is 12.4 Å². The van der Waals surface area contributed by atoms with Crippen LogP contribution in [0.3, 0.4) is 0 Å². The summed E-state index contributed by atoms with van der Waals surface area (Å²) in [6.07, 6.45) is 3.11. The van der Waals surface area contributed by atoms with Gasteiger partial charge >= 0.3 is 5.97 Å². The van der Waals surface area contributed by atoms with Crippen LogP contribution in [0.25, 0.3) is 0 Å². The second kappa shape index (κ2) is 4.40. The maximum absolute atomic E-state index is 11.2. The highest BCUT2D eigenvalue weighted by atomic mass is 16.5. The van der Waals surface area contributed by atoms with E-state index < -0.39 is 5.97 Å². The fourth-order valence-corrected chi connectivity index (χ4v) is 2.66. The predicted molar refractivity (Wildman–Crippen MR) is 65.8 cm³/mol. The number of hydrogen-bond donors (Lipinski definition) is 1. The van der Waals surface area contributed by atoms with Crippen molar-refractivity contribution in [2.24, 2.45) is 0 Å². The molecule has 0 aromatic heterocycles. The zero-order valence-electron chi connectivity index (χ0n) is 10.3. The van der Waals surface area contributed by atoms with Crippen LogP contribution in [0.2, 0.25) is 0 Å². The first-order chi connectivity index (χ1) is 8.08. The van der Waals surface area contributed by atoms with Crippen molar-refractivity contribution >= 4 is 5.97 Å². The number of aromatic carboxylic acids is 1. The third-order valence-corrected chi connectivity index (χ3v) is 3.60. The summed E-state index contributed by atoms with van der Waals surface area (Å²) >= 11 is 0. The number of para-hydroxylation sites is 1. The molecule has 1 aliphatic rings. The Morgan fingerprint density at radius 2 is 2.29 bits per heavy atom. The van der Waals surface area contributed by atoms with E-state index in [4.69, 9.17) is 9.84 Å². The Hall–Kier alpha value is -1.51. The van der Waals surface area contributed by atoms with Crippen molar-refractivity contribution in [2.75, 3.05) is 6.61 Å². The molecule has 1 unspecified atom stereocenters. The van der Waals surface area contributed by atoms with E-state index in [2.05, 4.69) is 13.8 Å². The average Bonchev–Trinajstić information content (AvgIpc) is 2.29. The van der Waals surface area contributed by atoms with E-state index in [1.54, 1.807) is 6.07 Å². The van der Waals surface area contributed by atoms with Gasteiger partial charge in [0, 0.05) is 5.56 Å². The third kappa shape index (κ3) is 2.02. The normalized spacial score (nSPS) is 22.7. The lowest BCUT2D eigenvalue weighted by atomic mass is 9.74. The van der Waals surface area contributed by atoms with Crippen LogP contribution in [0.1, 0.15) is 49.0 Å². The smallest absolute Gasteiger partial charge is 0.339 e. The molecular weight excluding hydrogens is 216 g/mol. The summed E-state index contributed by atoms with van der Waals surface area (Å²) in [5.74, 6) is -0.343. The molecule has 0 bridgehead atoms. The summed E-state index contributed by atoms with van der Waals surface area (Å²) in [6, 6.07) is 5.42. The van der Waals surface area contributed by atoms with E-state index in [0.717, 1.165) is 24.8 Å². The number of fused-ring (bicyclic) bond motifs is 1. The van der Waals surface area contributed by atoms with Crippen LogP contribution < -0.4 is 4.74 Å². The number of ether oxygens (including phenoxy) is 1. The van der Waals surface area contributed by atoms with Crippen LogP contribution in [-0.4, -0.2) is 17.7 Å². The van der Waals surface area contributed by atoms with E-state index in [1.165, 1.54) is 0 Å². The van der Waals surface area contributed by atoms with Crippen molar-refractivity contribution in [3.8, 4) is 5.75 Å². The molecular formula is C14H18O3. The Bertz CT molecular complexity index is 439. The van der Waals surface area contributed by atoms with E-state index >= 15 is 0 Å². The third-order valence-electron chi connectivity index (χ3n) is 3.60. The van der Waals surface area contributed by atoms with Crippen molar-refractivity contribution in [1.82, 2.24) is 0 Å². The Labute approximate surface area is 101 Å². The van der Waals surface area contributed by atoms with Crippen LogP contribution in [0.15, 0.2) is 18.2 Å². The first-order valence-electron chi connectivity index (χ1n) is 6.08. The van der Waals surface area contributed by atoms with Gasteiger partial charge in [0.05, 0.1) is 6.61 Å². The minimum Gasteiger partial charge on any atom is -0.492 e. The molecule has 0 fully saturated rings. The molecule has 2 rings (SSSR count). The summed E-state index contributed by atoms with van der Waals surface area (Å²) in [7, 11) is 0. The molecule has 0 radical (unpaired) electrons. The number of carbonyl (C=O) groups is 1. The Morgan fingerprint density at radius 3 is 2.94 bits per heavy atom. The molecule has 1 atom stereocenters. The van der Waals surface area contributed by atoms with Gasteiger partial charge in [0.25, 0.3) is 0 Å². The molecule has 92 valence electrons. The molecule has 0 amide bonds. The van der Waals surface area contributed by atoms with E-state index in [-0.39, 0.29) is 11.0 Å². The largest absolute Gasteiger partial charge is 0.492 e. The lowest BCUT2D eigenvalue weighted by Crippen LogP contribution is -2.30. The average molecular weight is 234 g/mol. The second-order valence-electron chi connectivity index (χ2n) is 4.90. The SMILES string of the molecule is CCCC1(C)CCOc2c(C(=O)O)cccc21. The summed E-state index contributed by atoms with van der Waals surface area (Å²) in [5, 5.41) is 9.16. The van der Waals surface area contributed by atoms with Gasteiger partial charge in [0.2, 0.25) is 0 Å². The minimum atomic E-state index is -0.914.